The van der Waals surface area contributed by atoms with E-state index in [1.54, 1.807) is 36.4 Å². The number of nitrogens with one attached hydrogen (secondary N) is 1. The van der Waals surface area contributed by atoms with Crippen molar-refractivity contribution in [3.63, 3.8) is 0 Å². The molecule has 0 radical (unpaired) electrons. The molecule has 1 aliphatic carbocycles. The van der Waals surface area contributed by atoms with Gasteiger partial charge in [-0.15, -0.1) is 0 Å². The van der Waals surface area contributed by atoms with Gasteiger partial charge in [0.25, 0.3) is 10.0 Å². The average molecular weight is 692 g/mol. The van der Waals surface area contributed by atoms with Crippen molar-refractivity contribution < 1.29 is 27.1 Å². The number of halogens is 2. The molecule has 1 fully saturated rings. The number of amides is 2. The van der Waals surface area contributed by atoms with Gasteiger partial charge >= 0.3 is 0 Å². The van der Waals surface area contributed by atoms with Gasteiger partial charge in [0, 0.05) is 24.0 Å². The van der Waals surface area contributed by atoms with E-state index >= 15 is 0 Å². The van der Waals surface area contributed by atoms with Crippen LogP contribution in [0.3, 0.4) is 0 Å². The highest BCUT2D eigenvalue weighted by molar-refractivity contribution is 7.92. The van der Waals surface area contributed by atoms with E-state index in [-0.39, 0.29) is 46.3 Å². The third kappa shape index (κ3) is 8.73. The number of hydrogen-bond donors (Lipinski definition) is 1. The zero-order chi connectivity index (χ0) is 34.1. The highest BCUT2D eigenvalue weighted by Gasteiger charge is 2.36. The molecule has 8 nitrogen and oxygen atoms in total. The van der Waals surface area contributed by atoms with E-state index in [9.17, 15) is 22.4 Å². The molecule has 4 aromatic carbocycles. The summed E-state index contributed by atoms with van der Waals surface area (Å²) in [7, 11) is -2.94. The Kier molecular flexibility index (Phi) is 11.7. The van der Waals surface area contributed by atoms with Crippen LogP contribution in [-0.2, 0) is 32.6 Å². The number of rotatable bonds is 13. The Bertz CT molecular complexity index is 1790. The number of methoxy groups -OCH3 is 1. The molecule has 0 saturated heterocycles. The van der Waals surface area contributed by atoms with Crippen LogP contribution in [0.1, 0.15) is 43.2 Å². The van der Waals surface area contributed by atoms with Gasteiger partial charge in [-0.25, -0.2) is 12.8 Å². The summed E-state index contributed by atoms with van der Waals surface area (Å²) in [6, 6.07) is 26.3. The van der Waals surface area contributed by atoms with Crippen molar-refractivity contribution in [2.45, 2.75) is 62.0 Å². The molecular formula is C37H39ClFN3O5S. The summed E-state index contributed by atoms with van der Waals surface area (Å²) in [5.74, 6) is -1.23. The first-order chi connectivity index (χ1) is 23.2. The average Bonchev–Trinajstić information content (AvgIpc) is 3.10. The van der Waals surface area contributed by atoms with E-state index in [4.69, 9.17) is 16.3 Å². The molecule has 0 bridgehead atoms. The molecule has 252 valence electrons. The van der Waals surface area contributed by atoms with Gasteiger partial charge in [0.1, 0.15) is 24.2 Å². The molecule has 2 amide bonds. The molecular weight excluding hydrogens is 653 g/mol. The second-order valence-electron chi connectivity index (χ2n) is 11.8. The summed E-state index contributed by atoms with van der Waals surface area (Å²) < 4.78 is 48.9. The van der Waals surface area contributed by atoms with Crippen LogP contribution < -0.4 is 14.4 Å². The number of carbonyl (C=O) groups excluding carboxylic acids is 2. The number of sulfonamides is 1. The van der Waals surface area contributed by atoms with Crippen molar-refractivity contribution in [3.8, 4) is 5.75 Å². The molecule has 11 heteroatoms. The minimum atomic E-state index is -4.34. The number of hydrogen-bond acceptors (Lipinski definition) is 5. The Morgan fingerprint density at radius 3 is 2.19 bits per heavy atom. The maximum atomic E-state index is 14.7. The second kappa shape index (κ2) is 16.1. The number of ether oxygens (including phenoxy) is 1. The Balaban J connectivity index is 1.59. The predicted octanol–water partition coefficient (Wildman–Crippen LogP) is 6.77. The molecule has 4 aromatic rings. The predicted molar refractivity (Wildman–Crippen MR) is 185 cm³/mol. The molecule has 48 heavy (non-hydrogen) atoms. The van der Waals surface area contributed by atoms with E-state index in [2.05, 4.69) is 5.32 Å². The monoisotopic (exact) mass is 691 g/mol. The van der Waals surface area contributed by atoms with Crippen LogP contribution in [0, 0.1) is 5.82 Å². The Labute approximate surface area is 286 Å². The standard InChI is InChI=1S/C37H39ClFN3O5S/c1-47-35-22-19-29(38)24-33(35)42(48(45,46)32-15-9-4-10-16-32)26-36(43)41(25-28-17-20-30(39)21-18-28)34(23-27-11-5-2-6-12-27)37(44)40-31-13-7-3-8-14-31/h2,4-6,9-12,15-22,24,31,34H,3,7-8,13-14,23,25-26H2,1H3,(H,40,44)/t34-/m1/s1. The molecule has 5 rings (SSSR count). The first-order valence-electron chi connectivity index (χ1n) is 16.0. The lowest BCUT2D eigenvalue weighted by Crippen LogP contribution is -2.55. The third-order valence-electron chi connectivity index (χ3n) is 8.51. The molecule has 1 atom stereocenters. The van der Waals surface area contributed by atoms with Crippen molar-refractivity contribution in [1.29, 1.82) is 0 Å². The van der Waals surface area contributed by atoms with Crippen LogP contribution in [0.5, 0.6) is 5.75 Å². The first kappa shape index (κ1) is 34.9. The van der Waals surface area contributed by atoms with Crippen LogP contribution in [-0.4, -0.2) is 50.9 Å². The van der Waals surface area contributed by atoms with Crippen molar-refractivity contribution in [2.75, 3.05) is 18.0 Å². The van der Waals surface area contributed by atoms with Crippen molar-refractivity contribution in [2.24, 2.45) is 0 Å². The molecule has 0 heterocycles. The number of nitrogens with zero attached hydrogens (tertiary/aromatic N) is 2. The third-order valence-corrected chi connectivity index (χ3v) is 10.5. The van der Waals surface area contributed by atoms with Crippen molar-refractivity contribution >= 4 is 39.1 Å². The number of carbonyl (C=O) groups is 2. The van der Waals surface area contributed by atoms with E-state index in [1.807, 2.05) is 30.3 Å². The highest BCUT2D eigenvalue weighted by Crippen LogP contribution is 2.35. The SMILES string of the molecule is COc1ccc(Cl)cc1N(CC(=O)N(Cc1ccc(F)cc1)[C@H](Cc1ccccc1)C(=O)NC1CCCCC1)S(=O)(=O)c1ccccc1. The molecule has 0 aromatic heterocycles. The van der Waals surface area contributed by atoms with Crippen molar-refractivity contribution in [1.82, 2.24) is 10.2 Å². The maximum Gasteiger partial charge on any atom is 0.264 e. The quantitative estimate of drug-likeness (QED) is 0.167. The van der Waals surface area contributed by atoms with E-state index in [1.165, 1.54) is 48.4 Å². The fraction of sp³-hybridized carbons (Fsp3) is 0.297. The van der Waals surface area contributed by atoms with Gasteiger partial charge < -0.3 is 15.0 Å². The minimum absolute atomic E-state index is 0.0297. The Morgan fingerprint density at radius 2 is 1.54 bits per heavy atom. The second-order valence-corrected chi connectivity index (χ2v) is 14.1. The van der Waals surface area contributed by atoms with Crippen LogP contribution in [0.4, 0.5) is 10.1 Å². The van der Waals surface area contributed by atoms with Gasteiger partial charge in [-0.1, -0.05) is 91.5 Å². The van der Waals surface area contributed by atoms with Crippen LogP contribution >= 0.6 is 11.6 Å². The molecule has 1 saturated carbocycles. The smallest absolute Gasteiger partial charge is 0.264 e. The van der Waals surface area contributed by atoms with Gasteiger partial charge in [-0.05, 0) is 66.4 Å². The molecule has 1 N–H and O–H groups in total. The van der Waals surface area contributed by atoms with Gasteiger partial charge in [0.15, 0.2) is 0 Å². The summed E-state index contributed by atoms with van der Waals surface area (Å²) in [6.45, 7) is -0.738. The highest BCUT2D eigenvalue weighted by atomic mass is 35.5. The summed E-state index contributed by atoms with van der Waals surface area (Å²) in [5.41, 5.74) is 1.46. The molecule has 1 aliphatic rings. The minimum Gasteiger partial charge on any atom is -0.495 e. The molecule has 0 aliphatic heterocycles. The van der Waals surface area contributed by atoms with Crippen molar-refractivity contribution in [3.05, 3.63) is 125 Å². The lowest BCUT2D eigenvalue weighted by atomic mass is 9.94. The topological polar surface area (TPSA) is 96.0 Å². The Hall–Kier alpha value is -4.41. The van der Waals surface area contributed by atoms with E-state index in [0.717, 1.165) is 42.0 Å². The fourth-order valence-corrected chi connectivity index (χ4v) is 7.58. The van der Waals surface area contributed by atoms with Gasteiger partial charge in [-0.3, -0.25) is 13.9 Å². The molecule has 0 unspecified atom stereocenters. The Morgan fingerprint density at radius 1 is 0.896 bits per heavy atom. The lowest BCUT2D eigenvalue weighted by Gasteiger charge is -2.35. The van der Waals surface area contributed by atoms with Crippen LogP contribution in [0.15, 0.2) is 108 Å². The van der Waals surface area contributed by atoms with Crippen LogP contribution in [0.25, 0.3) is 0 Å². The molecule has 0 spiro atoms. The van der Waals surface area contributed by atoms with E-state index in [0.29, 0.717) is 5.56 Å². The number of anilines is 1. The summed E-state index contributed by atoms with van der Waals surface area (Å²) in [4.78, 5) is 30.2. The number of benzene rings is 4. The maximum absolute atomic E-state index is 14.7. The summed E-state index contributed by atoms with van der Waals surface area (Å²) >= 11 is 6.35. The van der Waals surface area contributed by atoms with Gasteiger partial charge in [0.05, 0.1) is 17.7 Å². The van der Waals surface area contributed by atoms with E-state index < -0.39 is 34.3 Å². The zero-order valence-electron chi connectivity index (χ0n) is 26.7. The van der Waals surface area contributed by atoms with Gasteiger partial charge in [0.2, 0.25) is 11.8 Å². The summed E-state index contributed by atoms with van der Waals surface area (Å²) in [6.07, 6.45) is 4.97. The summed E-state index contributed by atoms with van der Waals surface area (Å²) in [5, 5.41) is 3.41. The normalized spacial score (nSPS) is 14.1. The van der Waals surface area contributed by atoms with Crippen LogP contribution in [0.2, 0.25) is 5.02 Å². The van der Waals surface area contributed by atoms with Gasteiger partial charge in [-0.2, -0.15) is 0 Å². The largest absolute Gasteiger partial charge is 0.495 e. The lowest BCUT2D eigenvalue weighted by molar-refractivity contribution is -0.140. The first-order valence-corrected chi connectivity index (χ1v) is 17.8. The zero-order valence-corrected chi connectivity index (χ0v) is 28.3. The fourth-order valence-electron chi connectivity index (χ4n) is 5.98.